The van der Waals surface area contributed by atoms with Crippen LogP contribution in [0.4, 0.5) is 0 Å². The van der Waals surface area contributed by atoms with E-state index in [9.17, 15) is 13.2 Å². The number of nitrogens with one attached hydrogen (secondary N) is 1. The Kier molecular flexibility index (Phi) is 5.10. The van der Waals surface area contributed by atoms with E-state index in [1.165, 1.54) is 5.41 Å². The predicted octanol–water partition coefficient (Wildman–Crippen LogP) is 2.63. The minimum atomic E-state index is -3.31. The van der Waals surface area contributed by atoms with Gasteiger partial charge >= 0.3 is 0 Å². The number of rotatable bonds is 6. The second-order valence-corrected chi connectivity index (χ2v) is 9.68. The van der Waals surface area contributed by atoms with E-state index in [1.54, 1.807) is 23.5 Å². The van der Waals surface area contributed by atoms with Gasteiger partial charge in [0, 0.05) is 41.8 Å². The number of pyridine rings is 1. The van der Waals surface area contributed by atoms with Gasteiger partial charge < -0.3 is 14.5 Å². The molecule has 32 heavy (non-hydrogen) atoms. The predicted molar refractivity (Wildman–Crippen MR) is 121 cm³/mol. The van der Waals surface area contributed by atoms with Crippen molar-refractivity contribution < 1.29 is 13.2 Å². The molecule has 1 N–H and O–H groups in total. The summed E-state index contributed by atoms with van der Waals surface area (Å²) < 4.78 is 26.1. The first-order valence-corrected chi connectivity index (χ1v) is 11.9. The van der Waals surface area contributed by atoms with Gasteiger partial charge in [0.1, 0.15) is 0 Å². The van der Waals surface area contributed by atoms with Crippen LogP contribution >= 0.6 is 0 Å². The van der Waals surface area contributed by atoms with Crippen molar-refractivity contribution in [1.82, 2.24) is 24.4 Å². The van der Waals surface area contributed by atoms with Gasteiger partial charge in [-0.1, -0.05) is 12.1 Å². The zero-order valence-electron chi connectivity index (χ0n) is 17.1. The zero-order chi connectivity index (χ0) is 22.1. The third-order valence-corrected chi connectivity index (χ3v) is 6.96. The van der Waals surface area contributed by atoms with Crippen LogP contribution in [0, 0.1) is 0 Å². The lowest BCUT2D eigenvalue weighted by atomic mass is 10.1. The molecule has 0 fully saturated rings. The van der Waals surface area contributed by atoms with E-state index in [4.69, 9.17) is 0 Å². The topological polar surface area (TPSA) is 101 Å². The number of aromatic amines is 1. The van der Waals surface area contributed by atoms with Gasteiger partial charge in [-0.15, -0.1) is 0 Å². The molecule has 9 heteroatoms. The number of carbonyl (C=O) groups is 1. The maximum absolute atomic E-state index is 13.4. The fraction of sp³-hybridized carbons (Fsp3) is 0.174. The Morgan fingerprint density at radius 1 is 1.12 bits per heavy atom. The average Bonchev–Trinajstić information content (AvgIpc) is 3.53. The number of H-pyrrole nitrogens is 1. The molecule has 4 heterocycles. The Balaban J connectivity index is 1.40. The molecule has 8 nitrogen and oxygen atoms in total. The number of nitrogens with zero attached hydrogens (tertiary/aromatic N) is 4. The third-order valence-electron chi connectivity index (χ3n) is 5.58. The lowest BCUT2D eigenvalue weighted by Gasteiger charge is -2.28. The average molecular weight is 448 g/mol. The zero-order valence-corrected chi connectivity index (χ0v) is 17.9. The van der Waals surface area contributed by atoms with Crippen molar-refractivity contribution in [3.63, 3.8) is 0 Å². The number of aromatic nitrogens is 4. The molecule has 1 atom stereocenters. The van der Waals surface area contributed by atoms with Gasteiger partial charge in [-0.05, 0) is 42.0 Å². The van der Waals surface area contributed by atoms with Crippen molar-refractivity contribution in [2.45, 2.75) is 19.0 Å². The molecule has 0 saturated heterocycles. The van der Waals surface area contributed by atoms with Gasteiger partial charge in [0.05, 0.1) is 30.1 Å². The largest absolute Gasteiger partial charge is 0.343 e. The summed E-state index contributed by atoms with van der Waals surface area (Å²) in [6, 6.07) is 13.0. The van der Waals surface area contributed by atoms with Crippen molar-refractivity contribution in [2.24, 2.45) is 0 Å². The summed E-state index contributed by atoms with van der Waals surface area (Å²) in [5.74, 6) is -0.252. The highest BCUT2D eigenvalue weighted by atomic mass is 32.2. The molecule has 1 aliphatic heterocycles. The number of sulfone groups is 1. The van der Waals surface area contributed by atoms with Crippen LogP contribution in [0.15, 0.2) is 78.9 Å². The summed E-state index contributed by atoms with van der Waals surface area (Å²) in [6.07, 6.45) is 8.88. The molecular formula is C23H21N5O3S. The molecule has 0 aliphatic carbocycles. The van der Waals surface area contributed by atoms with Crippen LogP contribution < -0.4 is 0 Å². The number of carbonyl (C=O) groups excluding carboxylic acids is 1. The second-order valence-electron chi connectivity index (χ2n) is 7.75. The molecular weight excluding hydrogens is 426 g/mol. The molecule has 0 saturated carbocycles. The maximum Gasteiger partial charge on any atom is 0.227 e. The van der Waals surface area contributed by atoms with E-state index in [0.29, 0.717) is 5.65 Å². The first-order chi connectivity index (χ1) is 15.5. The second kappa shape index (κ2) is 8.08. The molecule has 0 radical (unpaired) electrons. The Morgan fingerprint density at radius 2 is 1.91 bits per heavy atom. The summed E-state index contributed by atoms with van der Waals surface area (Å²) in [5, 5.41) is 1.20. The fourth-order valence-corrected chi connectivity index (χ4v) is 5.23. The Morgan fingerprint density at radius 3 is 2.62 bits per heavy atom. The molecule has 162 valence electrons. The highest BCUT2D eigenvalue weighted by Crippen LogP contribution is 2.22. The first-order valence-electron chi connectivity index (χ1n) is 10.2. The molecule has 5 rings (SSSR count). The Hall–Kier alpha value is -3.72. The number of amides is 1. The molecule has 0 bridgehead atoms. The molecule has 4 aromatic rings. The van der Waals surface area contributed by atoms with E-state index in [1.807, 2.05) is 59.4 Å². The Bertz CT molecular complexity index is 1390. The normalized spacial score (nSPS) is 17.1. The Labute approximate surface area is 185 Å². The molecule has 1 aromatic carbocycles. The minimum Gasteiger partial charge on any atom is -0.343 e. The molecule has 3 aromatic heterocycles. The quantitative estimate of drug-likeness (QED) is 0.490. The lowest BCUT2D eigenvalue weighted by molar-refractivity contribution is -0.132. The van der Waals surface area contributed by atoms with Gasteiger partial charge in [0.15, 0.2) is 15.5 Å². The number of hydrogen-bond acceptors (Lipinski definition) is 5. The first kappa shape index (κ1) is 20.2. The van der Waals surface area contributed by atoms with Gasteiger partial charge in [-0.25, -0.2) is 18.4 Å². The van der Waals surface area contributed by atoms with E-state index in [-0.39, 0.29) is 24.6 Å². The highest BCUT2D eigenvalue weighted by molar-refractivity contribution is 7.94. The number of imidazole rings is 1. The fourth-order valence-electron chi connectivity index (χ4n) is 3.93. The van der Waals surface area contributed by atoms with E-state index < -0.39 is 15.9 Å². The van der Waals surface area contributed by atoms with Crippen LogP contribution in [0.25, 0.3) is 16.9 Å². The summed E-state index contributed by atoms with van der Waals surface area (Å²) >= 11 is 0. The highest BCUT2D eigenvalue weighted by Gasteiger charge is 2.30. The van der Waals surface area contributed by atoms with Crippen molar-refractivity contribution in [2.75, 3.05) is 5.75 Å². The molecule has 1 unspecified atom stereocenters. The number of fused-ring (bicyclic) bond motifs is 1. The van der Waals surface area contributed by atoms with Crippen LogP contribution in [0.1, 0.15) is 11.1 Å². The smallest absolute Gasteiger partial charge is 0.227 e. The van der Waals surface area contributed by atoms with E-state index in [0.717, 1.165) is 22.3 Å². The molecule has 1 amide bonds. The van der Waals surface area contributed by atoms with Crippen LogP contribution in [0.5, 0.6) is 0 Å². The third kappa shape index (κ3) is 4.06. The maximum atomic E-state index is 13.4. The van der Waals surface area contributed by atoms with Gasteiger partial charge in [0.25, 0.3) is 0 Å². The van der Waals surface area contributed by atoms with Crippen molar-refractivity contribution >= 4 is 26.9 Å². The van der Waals surface area contributed by atoms with Crippen LogP contribution in [-0.4, -0.2) is 50.5 Å². The van der Waals surface area contributed by atoms with Gasteiger partial charge in [-0.2, -0.15) is 0 Å². The summed E-state index contributed by atoms with van der Waals surface area (Å²) in [5.41, 5.74) is 4.01. The van der Waals surface area contributed by atoms with E-state index >= 15 is 0 Å². The van der Waals surface area contributed by atoms with Crippen LogP contribution in [-0.2, 0) is 27.6 Å². The SMILES string of the molecule is O=C(Cc1ccc(-n2cccc2)cc1)N(Cc1ccnc2nc[nH]c12)C1C=CS(=O)(=O)C1. The standard InChI is InChI=1S/C23H21N5O3S/c29-21(13-17-3-5-19(6-4-17)27-10-1-2-11-27)28(20-8-12-32(30,31)15-20)14-18-7-9-24-23-22(18)25-16-26-23/h1-12,16,20H,13-15H2,(H,24,25,26). The van der Waals surface area contributed by atoms with Crippen LogP contribution in [0.3, 0.4) is 0 Å². The number of benzene rings is 1. The van der Waals surface area contributed by atoms with Gasteiger partial charge in [0.2, 0.25) is 5.91 Å². The summed E-state index contributed by atoms with van der Waals surface area (Å²) in [4.78, 5) is 26.4. The minimum absolute atomic E-state index is 0.109. The van der Waals surface area contributed by atoms with Crippen molar-refractivity contribution in [3.05, 3.63) is 90.0 Å². The van der Waals surface area contributed by atoms with Gasteiger partial charge in [-0.3, -0.25) is 4.79 Å². The summed E-state index contributed by atoms with van der Waals surface area (Å²) in [7, 11) is -3.31. The molecule has 0 spiro atoms. The monoisotopic (exact) mass is 447 g/mol. The number of hydrogen-bond donors (Lipinski definition) is 1. The van der Waals surface area contributed by atoms with E-state index in [2.05, 4.69) is 15.0 Å². The summed E-state index contributed by atoms with van der Waals surface area (Å²) in [6.45, 7) is 0.256. The van der Waals surface area contributed by atoms with Crippen LogP contribution in [0.2, 0.25) is 0 Å². The lowest BCUT2D eigenvalue weighted by Crippen LogP contribution is -2.41. The van der Waals surface area contributed by atoms with Crippen molar-refractivity contribution in [1.29, 1.82) is 0 Å². The van der Waals surface area contributed by atoms with Crippen molar-refractivity contribution in [3.8, 4) is 5.69 Å². The molecule has 1 aliphatic rings.